The minimum absolute atomic E-state index is 0.238. The number of ether oxygens (including phenoxy) is 1. The molecule has 8 heteroatoms. The first-order chi connectivity index (χ1) is 13.3. The van der Waals surface area contributed by atoms with Gasteiger partial charge in [0.15, 0.2) is 5.65 Å². The van der Waals surface area contributed by atoms with E-state index in [9.17, 15) is 9.18 Å². The summed E-state index contributed by atoms with van der Waals surface area (Å²) in [5, 5.41) is 10.4. The van der Waals surface area contributed by atoms with E-state index in [0.29, 0.717) is 41.3 Å². The van der Waals surface area contributed by atoms with Gasteiger partial charge in [-0.25, -0.2) is 13.9 Å². The van der Waals surface area contributed by atoms with Crippen LogP contribution in [0, 0.1) is 12.7 Å². The fraction of sp³-hybridized carbons (Fsp3) is 0.350. The molecule has 3 aromatic rings. The smallest absolute Gasteiger partial charge is 0.256 e. The third-order valence-electron chi connectivity index (χ3n) is 5.55. The molecule has 2 atom stereocenters. The van der Waals surface area contributed by atoms with Gasteiger partial charge in [-0.05, 0) is 38.5 Å². The van der Waals surface area contributed by atoms with Crippen LogP contribution in [0.15, 0.2) is 24.5 Å². The molecule has 0 radical (unpaired) electrons. The molecule has 4 heterocycles. The van der Waals surface area contributed by atoms with Gasteiger partial charge < -0.3 is 15.4 Å². The summed E-state index contributed by atoms with van der Waals surface area (Å²) >= 11 is 0. The van der Waals surface area contributed by atoms with Crippen LogP contribution in [-0.4, -0.2) is 32.7 Å². The molecule has 0 spiro atoms. The highest BCUT2D eigenvalue weighted by molar-refractivity contribution is 5.99. The number of nitrogens with zero attached hydrogens (tertiary/aromatic N) is 3. The lowest BCUT2D eigenvalue weighted by Gasteiger charge is -2.26. The van der Waals surface area contributed by atoms with Crippen LogP contribution >= 0.6 is 0 Å². The Kier molecular flexibility index (Phi) is 3.44. The van der Waals surface area contributed by atoms with Crippen LogP contribution in [0.5, 0.6) is 5.75 Å². The average molecular weight is 381 g/mol. The number of rotatable bonds is 0. The highest BCUT2D eigenvalue weighted by atomic mass is 19.1. The van der Waals surface area contributed by atoms with Crippen LogP contribution < -0.4 is 15.4 Å². The van der Waals surface area contributed by atoms with E-state index in [2.05, 4.69) is 20.7 Å². The number of anilines is 1. The van der Waals surface area contributed by atoms with Crippen molar-refractivity contribution in [3.8, 4) is 5.75 Å². The Hall–Kier alpha value is -3.16. The van der Waals surface area contributed by atoms with Crippen molar-refractivity contribution in [1.82, 2.24) is 19.9 Å². The molecule has 2 aromatic heterocycles. The van der Waals surface area contributed by atoms with Crippen molar-refractivity contribution in [2.45, 2.75) is 38.8 Å². The molecule has 7 nitrogen and oxygen atoms in total. The third kappa shape index (κ3) is 2.44. The summed E-state index contributed by atoms with van der Waals surface area (Å²) in [5.74, 6) is 0.745. The maximum absolute atomic E-state index is 14.6. The van der Waals surface area contributed by atoms with E-state index in [4.69, 9.17) is 4.74 Å². The Balaban J connectivity index is 1.70. The average Bonchev–Trinajstić information content (AvgIpc) is 3.20. The first-order valence-corrected chi connectivity index (χ1v) is 9.25. The van der Waals surface area contributed by atoms with E-state index in [1.807, 2.05) is 13.8 Å². The van der Waals surface area contributed by atoms with E-state index >= 15 is 0 Å². The summed E-state index contributed by atoms with van der Waals surface area (Å²) in [5.41, 5.74) is 2.35. The van der Waals surface area contributed by atoms with Crippen molar-refractivity contribution in [2.75, 3.05) is 11.9 Å². The van der Waals surface area contributed by atoms with Gasteiger partial charge in [0.25, 0.3) is 5.91 Å². The Morgan fingerprint density at radius 2 is 2.25 bits per heavy atom. The number of carbonyl (C=O) groups excluding carboxylic acids is 1. The molecule has 2 N–H and O–H groups in total. The van der Waals surface area contributed by atoms with Crippen LogP contribution in [0.3, 0.4) is 0 Å². The Morgan fingerprint density at radius 3 is 3.07 bits per heavy atom. The van der Waals surface area contributed by atoms with Crippen LogP contribution in [0.2, 0.25) is 0 Å². The molecule has 4 bridgehead atoms. The zero-order valence-corrected chi connectivity index (χ0v) is 15.8. The SMILES string of the molecule is Cc1c(F)cc2c3c1[C@@H](C)Nc1ccn4ncc(c4n1)C(=O)NC[C@](C)(C2)O3. The molecule has 0 saturated carbocycles. The second-order valence-corrected chi connectivity index (χ2v) is 7.80. The molecule has 2 aliphatic rings. The maximum Gasteiger partial charge on any atom is 0.256 e. The van der Waals surface area contributed by atoms with Crippen molar-refractivity contribution in [1.29, 1.82) is 0 Å². The van der Waals surface area contributed by atoms with Gasteiger partial charge in [0, 0.05) is 23.7 Å². The zero-order valence-electron chi connectivity index (χ0n) is 15.8. The van der Waals surface area contributed by atoms with Crippen LogP contribution in [0.25, 0.3) is 5.65 Å². The molecule has 28 heavy (non-hydrogen) atoms. The highest BCUT2D eigenvalue weighted by Gasteiger charge is 2.39. The quantitative estimate of drug-likeness (QED) is 0.626. The molecule has 5 rings (SSSR count). The summed E-state index contributed by atoms with van der Waals surface area (Å²) in [6, 6.07) is 3.08. The second-order valence-electron chi connectivity index (χ2n) is 7.80. The van der Waals surface area contributed by atoms with Gasteiger partial charge in [0.1, 0.15) is 28.5 Å². The molecular weight excluding hydrogens is 361 g/mol. The van der Waals surface area contributed by atoms with Crippen LogP contribution in [0.1, 0.15) is 46.9 Å². The number of hydrogen-bond acceptors (Lipinski definition) is 5. The molecule has 1 amide bonds. The normalized spacial score (nSPS) is 23.4. The standard InChI is InChI=1S/C20H20FN5O2/c1-10-14(21)6-12-7-20(3)9-22-19(27)13-8-23-26-5-4-15(25-18(13)26)24-11(2)16(10)17(12)28-20/h4-6,8,11H,7,9H2,1-3H3,(H,22,27)(H,24,25)/t11-,20+/m1/s1. The Labute approximate surface area is 160 Å². The first kappa shape index (κ1) is 17.0. The monoisotopic (exact) mass is 381 g/mol. The summed E-state index contributed by atoms with van der Waals surface area (Å²) in [4.78, 5) is 17.3. The summed E-state index contributed by atoms with van der Waals surface area (Å²) in [7, 11) is 0. The molecule has 2 aliphatic heterocycles. The predicted octanol–water partition coefficient (Wildman–Crippen LogP) is 2.79. The minimum atomic E-state index is -0.654. The van der Waals surface area contributed by atoms with Gasteiger partial charge in [0.05, 0.1) is 18.8 Å². The van der Waals surface area contributed by atoms with Crippen LogP contribution in [-0.2, 0) is 6.42 Å². The topological polar surface area (TPSA) is 80.5 Å². The first-order valence-electron chi connectivity index (χ1n) is 9.25. The van der Waals surface area contributed by atoms with E-state index in [-0.39, 0.29) is 17.8 Å². The Morgan fingerprint density at radius 1 is 1.43 bits per heavy atom. The van der Waals surface area contributed by atoms with E-state index in [1.165, 1.54) is 6.20 Å². The molecule has 1 aromatic carbocycles. The van der Waals surface area contributed by atoms with Gasteiger partial charge in [-0.15, -0.1) is 0 Å². The molecular formula is C20H20FN5O2. The largest absolute Gasteiger partial charge is 0.485 e. The number of fused-ring (bicyclic) bond motifs is 2. The molecule has 144 valence electrons. The highest BCUT2D eigenvalue weighted by Crippen LogP contribution is 2.43. The zero-order chi connectivity index (χ0) is 19.6. The number of carbonyl (C=O) groups is 1. The van der Waals surface area contributed by atoms with E-state index < -0.39 is 5.60 Å². The second kappa shape index (κ2) is 5.67. The lowest BCUT2D eigenvalue weighted by atomic mass is 9.94. The fourth-order valence-corrected chi connectivity index (χ4v) is 4.12. The van der Waals surface area contributed by atoms with Gasteiger partial charge in [-0.2, -0.15) is 5.10 Å². The minimum Gasteiger partial charge on any atom is -0.485 e. The maximum atomic E-state index is 14.6. The lowest BCUT2D eigenvalue weighted by molar-refractivity contribution is 0.0839. The summed E-state index contributed by atoms with van der Waals surface area (Å²) in [6.07, 6.45) is 3.77. The van der Waals surface area contributed by atoms with Gasteiger partial charge >= 0.3 is 0 Å². The number of amides is 1. The molecule has 0 fully saturated rings. The van der Waals surface area contributed by atoms with Crippen molar-refractivity contribution < 1.29 is 13.9 Å². The van der Waals surface area contributed by atoms with Crippen molar-refractivity contribution in [3.05, 3.63) is 52.6 Å². The lowest BCUT2D eigenvalue weighted by Crippen LogP contribution is -2.44. The van der Waals surface area contributed by atoms with Crippen LogP contribution in [0.4, 0.5) is 10.2 Å². The van der Waals surface area contributed by atoms with Gasteiger partial charge in [-0.1, -0.05) is 0 Å². The third-order valence-corrected chi connectivity index (χ3v) is 5.55. The molecule has 0 aliphatic carbocycles. The summed E-state index contributed by atoms with van der Waals surface area (Å²) < 4.78 is 22.5. The molecule has 0 unspecified atom stereocenters. The van der Waals surface area contributed by atoms with E-state index in [1.54, 1.807) is 29.8 Å². The van der Waals surface area contributed by atoms with E-state index in [0.717, 1.165) is 11.1 Å². The fourth-order valence-electron chi connectivity index (χ4n) is 4.12. The number of halogens is 1. The number of aromatic nitrogens is 3. The van der Waals surface area contributed by atoms with Gasteiger partial charge in [-0.3, -0.25) is 4.79 Å². The van der Waals surface area contributed by atoms with Crippen molar-refractivity contribution in [3.63, 3.8) is 0 Å². The molecule has 0 saturated heterocycles. The predicted molar refractivity (Wildman–Crippen MR) is 101 cm³/mol. The summed E-state index contributed by atoms with van der Waals surface area (Å²) in [6.45, 7) is 5.92. The number of nitrogens with one attached hydrogen (secondary N) is 2. The Bertz CT molecular complexity index is 1140. The van der Waals surface area contributed by atoms with Crippen molar-refractivity contribution >= 4 is 17.4 Å². The van der Waals surface area contributed by atoms with Crippen molar-refractivity contribution in [2.24, 2.45) is 0 Å². The van der Waals surface area contributed by atoms with Gasteiger partial charge in [0.2, 0.25) is 0 Å². The number of hydrogen-bond donors (Lipinski definition) is 2. The number of benzene rings is 1.